The van der Waals surface area contributed by atoms with E-state index in [1.54, 1.807) is 30.3 Å². The molecule has 112 valence electrons. The number of aromatic nitrogens is 4. The summed E-state index contributed by atoms with van der Waals surface area (Å²) in [6.07, 6.45) is 7.07. The van der Waals surface area contributed by atoms with Crippen LogP contribution in [0.25, 0.3) is 16.9 Å². The van der Waals surface area contributed by atoms with E-state index in [-0.39, 0.29) is 5.56 Å². The van der Waals surface area contributed by atoms with Gasteiger partial charge in [-0.15, -0.1) is 0 Å². The summed E-state index contributed by atoms with van der Waals surface area (Å²) in [5.74, 6) is 1.29. The first-order chi connectivity index (χ1) is 10.7. The molecule has 3 aromatic rings. The van der Waals surface area contributed by atoms with Crippen molar-refractivity contribution in [2.24, 2.45) is 7.05 Å². The Balaban J connectivity index is 2.07. The van der Waals surface area contributed by atoms with E-state index in [4.69, 9.17) is 4.74 Å². The third-order valence-electron chi connectivity index (χ3n) is 3.27. The molecule has 0 aromatic carbocycles. The highest BCUT2D eigenvalue weighted by molar-refractivity contribution is 5.68. The lowest BCUT2D eigenvalue weighted by molar-refractivity contribution is 0.340. The van der Waals surface area contributed by atoms with Gasteiger partial charge < -0.3 is 9.30 Å². The van der Waals surface area contributed by atoms with Crippen molar-refractivity contribution in [3.05, 3.63) is 59.4 Å². The Morgan fingerprint density at radius 3 is 2.86 bits per heavy atom. The van der Waals surface area contributed by atoms with E-state index < -0.39 is 0 Å². The third kappa shape index (κ3) is 2.63. The van der Waals surface area contributed by atoms with Crippen LogP contribution in [0.1, 0.15) is 6.92 Å². The first-order valence-electron chi connectivity index (χ1n) is 6.99. The lowest BCUT2D eigenvalue weighted by Crippen LogP contribution is -2.15. The van der Waals surface area contributed by atoms with Gasteiger partial charge in [0.2, 0.25) is 0 Å². The van der Waals surface area contributed by atoms with Crippen molar-refractivity contribution in [2.45, 2.75) is 6.92 Å². The van der Waals surface area contributed by atoms with Crippen LogP contribution in [0.15, 0.2) is 53.8 Å². The predicted molar refractivity (Wildman–Crippen MR) is 83.2 cm³/mol. The number of rotatable bonds is 4. The molecule has 0 aliphatic heterocycles. The number of ether oxygens (including phenoxy) is 1. The van der Waals surface area contributed by atoms with Gasteiger partial charge in [0, 0.05) is 42.8 Å². The lowest BCUT2D eigenvalue weighted by Gasteiger charge is -2.10. The summed E-state index contributed by atoms with van der Waals surface area (Å²) in [4.78, 5) is 16.0. The van der Waals surface area contributed by atoms with Gasteiger partial charge in [0.15, 0.2) is 5.82 Å². The summed E-state index contributed by atoms with van der Waals surface area (Å²) in [6.45, 7) is 2.38. The third-order valence-corrected chi connectivity index (χ3v) is 3.27. The Hall–Kier alpha value is -2.89. The first kappa shape index (κ1) is 14.1. The molecule has 6 heteroatoms. The summed E-state index contributed by atoms with van der Waals surface area (Å²) in [7, 11) is 1.71. The van der Waals surface area contributed by atoms with E-state index in [2.05, 4.69) is 10.1 Å². The Kier molecular flexibility index (Phi) is 3.74. The fourth-order valence-corrected chi connectivity index (χ4v) is 2.18. The molecule has 3 aromatic heterocycles. The zero-order valence-corrected chi connectivity index (χ0v) is 12.4. The van der Waals surface area contributed by atoms with Gasteiger partial charge in [-0.3, -0.25) is 4.79 Å². The van der Waals surface area contributed by atoms with Crippen LogP contribution in [-0.2, 0) is 7.05 Å². The van der Waals surface area contributed by atoms with Gasteiger partial charge in [-0.2, -0.15) is 5.10 Å². The summed E-state index contributed by atoms with van der Waals surface area (Å²) >= 11 is 0. The number of hydrogen-bond donors (Lipinski definition) is 0. The van der Waals surface area contributed by atoms with Crippen molar-refractivity contribution in [3.8, 4) is 22.7 Å². The van der Waals surface area contributed by atoms with Crippen LogP contribution in [0.4, 0.5) is 0 Å². The quantitative estimate of drug-likeness (QED) is 0.739. The normalized spacial score (nSPS) is 10.6. The number of aryl methyl sites for hydroxylation is 1. The molecule has 3 rings (SSSR count). The van der Waals surface area contributed by atoms with Crippen molar-refractivity contribution in [2.75, 3.05) is 6.61 Å². The van der Waals surface area contributed by atoms with E-state index in [0.717, 1.165) is 16.9 Å². The van der Waals surface area contributed by atoms with Gasteiger partial charge in [-0.25, -0.2) is 9.67 Å². The zero-order valence-electron chi connectivity index (χ0n) is 12.4. The number of pyridine rings is 2. The van der Waals surface area contributed by atoms with Gasteiger partial charge >= 0.3 is 0 Å². The maximum absolute atomic E-state index is 11.8. The van der Waals surface area contributed by atoms with Gasteiger partial charge in [-0.05, 0) is 19.1 Å². The van der Waals surface area contributed by atoms with Crippen molar-refractivity contribution >= 4 is 0 Å². The molecule has 6 nitrogen and oxygen atoms in total. The fourth-order valence-electron chi connectivity index (χ4n) is 2.18. The maximum atomic E-state index is 11.8. The molecule has 0 spiro atoms. The molecule has 0 bridgehead atoms. The van der Waals surface area contributed by atoms with E-state index >= 15 is 0 Å². The van der Waals surface area contributed by atoms with E-state index in [1.807, 2.05) is 31.3 Å². The van der Waals surface area contributed by atoms with E-state index in [0.29, 0.717) is 12.4 Å². The zero-order chi connectivity index (χ0) is 15.5. The fraction of sp³-hybridized carbons (Fsp3) is 0.188. The molecule has 0 atom stereocenters. The Bertz CT molecular complexity index is 837. The highest BCUT2D eigenvalue weighted by Crippen LogP contribution is 2.28. The monoisotopic (exact) mass is 296 g/mol. The van der Waals surface area contributed by atoms with Crippen LogP contribution in [-0.4, -0.2) is 25.9 Å². The Morgan fingerprint density at radius 2 is 2.14 bits per heavy atom. The molecule has 0 saturated carbocycles. The van der Waals surface area contributed by atoms with Crippen molar-refractivity contribution in [1.29, 1.82) is 0 Å². The molecule has 3 heterocycles. The first-order valence-corrected chi connectivity index (χ1v) is 6.99. The second-order valence-corrected chi connectivity index (χ2v) is 4.80. The minimum atomic E-state index is -0.107. The SMILES string of the molecule is CCOc1cc(=O)n(C)cc1-c1cnn(-c2ccccn2)c1. The Morgan fingerprint density at radius 1 is 1.27 bits per heavy atom. The van der Waals surface area contributed by atoms with Crippen LogP contribution in [0, 0.1) is 0 Å². The highest BCUT2D eigenvalue weighted by Gasteiger charge is 2.12. The molecule has 0 amide bonds. The maximum Gasteiger partial charge on any atom is 0.254 e. The van der Waals surface area contributed by atoms with Crippen molar-refractivity contribution < 1.29 is 4.74 Å². The van der Waals surface area contributed by atoms with Crippen molar-refractivity contribution in [3.63, 3.8) is 0 Å². The summed E-state index contributed by atoms with van der Waals surface area (Å²) in [5, 5.41) is 4.33. The number of hydrogen-bond acceptors (Lipinski definition) is 4. The molecule has 0 unspecified atom stereocenters. The molecule has 0 N–H and O–H groups in total. The molecule has 22 heavy (non-hydrogen) atoms. The lowest BCUT2D eigenvalue weighted by atomic mass is 10.1. The molecular weight excluding hydrogens is 280 g/mol. The Labute approximate surface area is 127 Å². The highest BCUT2D eigenvalue weighted by atomic mass is 16.5. The minimum absolute atomic E-state index is 0.107. The molecule has 0 fully saturated rings. The topological polar surface area (TPSA) is 61.9 Å². The minimum Gasteiger partial charge on any atom is -0.493 e. The van der Waals surface area contributed by atoms with E-state index in [9.17, 15) is 4.79 Å². The standard InChI is InChI=1S/C16H16N4O2/c1-3-22-14-8-16(21)19(2)11-13(14)12-9-18-20(10-12)15-6-4-5-7-17-15/h4-11H,3H2,1-2H3. The predicted octanol–water partition coefficient (Wildman–Crippen LogP) is 2.03. The average molecular weight is 296 g/mol. The number of nitrogens with zero attached hydrogens (tertiary/aromatic N) is 4. The summed E-state index contributed by atoms with van der Waals surface area (Å²) in [5.41, 5.74) is 1.58. The van der Waals surface area contributed by atoms with Crippen LogP contribution in [0.2, 0.25) is 0 Å². The smallest absolute Gasteiger partial charge is 0.254 e. The van der Waals surface area contributed by atoms with Gasteiger partial charge in [0.05, 0.1) is 12.8 Å². The van der Waals surface area contributed by atoms with Gasteiger partial charge in [0.1, 0.15) is 5.75 Å². The molecule has 0 saturated heterocycles. The summed E-state index contributed by atoms with van der Waals surface area (Å²) in [6, 6.07) is 7.13. The van der Waals surface area contributed by atoms with Crippen LogP contribution in [0.3, 0.4) is 0 Å². The van der Waals surface area contributed by atoms with Crippen molar-refractivity contribution in [1.82, 2.24) is 19.3 Å². The summed E-state index contributed by atoms with van der Waals surface area (Å²) < 4.78 is 8.79. The molecule has 0 aliphatic carbocycles. The molecule has 0 radical (unpaired) electrons. The average Bonchev–Trinajstić information content (AvgIpc) is 3.01. The molecular formula is C16H16N4O2. The van der Waals surface area contributed by atoms with Crippen LogP contribution in [0.5, 0.6) is 5.75 Å². The van der Waals surface area contributed by atoms with Crippen LogP contribution < -0.4 is 10.3 Å². The largest absolute Gasteiger partial charge is 0.493 e. The van der Waals surface area contributed by atoms with E-state index in [1.165, 1.54) is 10.6 Å². The second-order valence-electron chi connectivity index (χ2n) is 4.80. The van der Waals surface area contributed by atoms with Gasteiger partial charge in [0.25, 0.3) is 5.56 Å². The molecule has 0 aliphatic rings. The second kappa shape index (κ2) is 5.85. The van der Waals surface area contributed by atoms with Gasteiger partial charge in [-0.1, -0.05) is 6.07 Å². The van der Waals surface area contributed by atoms with Crippen LogP contribution >= 0.6 is 0 Å².